The molecule has 1 nitrogen and oxygen atoms in total. The van der Waals surface area contributed by atoms with E-state index in [4.69, 9.17) is 4.74 Å². The summed E-state index contributed by atoms with van der Waals surface area (Å²) in [6, 6.07) is 19.4. The van der Waals surface area contributed by atoms with Crippen molar-refractivity contribution in [1.29, 1.82) is 0 Å². The van der Waals surface area contributed by atoms with Gasteiger partial charge >= 0.3 is 0 Å². The zero-order chi connectivity index (χ0) is 23.3. The summed E-state index contributed by atoms with van der Waals surface area (Å²) in [5, 5.41) is 0. The molecule has 0 amide bonds. The number of ether oxygens (including phenoxy) is 1. The van der Waals surface area contributed by atoms with Crippen LogP contribution in [-0.2, 0) is 12.3 Å². The third-order valence-corrected chi connectivity index (χ3v) is 5.56. The van der Waals surface area contributed by atoms with Crippen molar-refractivity contribution in [3.8, 4) is 5.75 Å². The SMILES string of the molecule is BCCOc1ccc(C/C(=C(/C)c2ccc(F)cc2C(C)(F)F)c2ccccc2C)cc1. The number of allylic oxidation sites excluding steroid dienone is 2. The van der Waals surface area contributed by atoms with Crippen LogP contribution in [0.3, 0.4) is 0 Å². The number of halogens is 3. The molecule has 0 saturated carbocycles. The van der Waals surface area contributed by atoms with Gasteiger partial charge in [0.05, 0.1) is 6.61 Å². The summed E-state index contributed by atoms with van der Waals surface area (Å²) in [6.07, 6.45) is 1.49. The molecule has 0 bridgehead atoms. The van der Waals surface area contributed by atoms with Crippen LogP contribution in [0.5, 0.6) is 5.75 Å². The number of alkyl halides is 2. The fraction of sp³-hybridized carbons (Fsp3) is 0.259. The van der Waals surface area contributed by atoms with Crippen molar-refractivity contribution in [1.82, 2.24) is 0 Å². The minimum atomic E-state index is -3.16. The van der Waals surface area contributed by atoms with Crippen LogP contribution in [-0.4, -0.2) is 14.5 Å². The maximum Gasteiger partial charge on any atom is 0.271 e. The fourth-order valence-electron chi connectivity index (χ4n) is 3.84. The van der Waals surface area contributed by atoms with Gasteiger partial charge in [-0.25, -0.2) is 13.2 Å². The lowest BCUT2D eigenvalue weighted by molar-refractivity contribution is 0.0169. The van der Waals surface area contributed by atoms with Crippen molar-refractivity contribution >= 4 is 19.0 Å². The highest BCUT2D eigenvalue weighted by molar-refractivity contribution is 6.08. The van der Waals surface area contributed by atoms with Crippen LogP contribution in [0.15, 0.2) is 66.7 Å². The summed E-state index contributed by atoms with van der Waals surface area (Å²) in [5.41, 5.74) is 4.79. The molecule has 3 aromatic rings. The van der Waals surface area contributed by atoms with Gasteiger partial charge in [0.25, 0.3) is 5.92 Å². The predicted octanol–water partition coefficient (Wildman–Crippen LogP) is 6.85. The van der Waals surface area contributed by atoms with E-state index in [0.717, 1.165) is 47.3 Å². The van der Waals surface area contributed by atoms with Crippen LogP contribution in [0.1, 0.15) is 41.7 Å². The molecule has 0 aliphatic rings. The Morgan fingerprint density at radius 1 is 0.969 bits per heavy atom. The van der Waals surface area contributed by atoms with Gasteiger partial charge in [0, 0.05) is 12.5 Å². The lowest BCUT2D eigenvalue weighted by Crippen LogP contribution is -2.11. The highest BCUT2D eigenvalue weighted by atomic mass is 19.3. The topological polar surface area (TPSA) is 9.23 Å². The Bertz CT molecular complexity index is 1100. The van der Waals surface area contributed by atoms with Crippen molar-refractivity contribution in [2.75, 3.05) is 6.61 Å². The van der Waals surface area contributed by atoms with Crippen LogP contribution in [0.2, 0.25) is 6.32 Å². The molecule has 0 unspecified atom stereocenters. The highest BCUT2D eigenvalue weighted by Gasteiger charge is 2.29. The van der Waals surface area contributed by atoms with Gasteiger partial charge in [0.1, 0.15) is 19.4 Å². The second-order valence-electron chi connectivity index (χ2n) is 8.17. The van der Waals surface area contributed by atoms with E-state index in [0.29, 0.717) is 24.2 Å². The molecule has 0 spiro atoms. The first-order chi connectivity index (χ1) is 15.2. The van der Waals surface area contributed by atoms with E-state index < -0.39 is 11.7 Å². The minimum Gasteiger partial charge on any atom is -0.494 e. The van der Waals surface area contributed by atoms with Gasteiger partial charge in [-0.2, -0.15) is 0 Å². The molecule has 3 rings (SSSR count). The summed E-state index contributed by atoms with van der Waals surface area (Å²) >= 11 is 0. The molecule has 0 radical (unpaired) electrons. The van der Waals surface area contributed by atoms with Crippen molar-refractivity contribution in [3.63, 3.8) is 0 Å². The van der Waals surface area contributed by atoms with Gasteiger partial charge in [0.15, 0.2) is 0 Å². The van der Waals surface area contributed by atoms with E-state index in [2.05, 4.69) is 7.85 Å². The molecule has 0 atom stereocenters. The number of benzene rings is 3. The molecular formula is C27H28BF3O. The van der Waals surface area contributed by atoms with Gasteiger partial charge in [-0.15, -0.1) is 0 Å². The van der Waals surface area contributed by atoms with E-state index in [1.54, 1.807) is 0 Å². The molecule has 0 aliphatic heterocycles. The Morgan fingerprint density at radius 2 is 1.66 bits per heavy atom. The summed E-state index contributed by atoms with van der Waals surface area (Å²) in [6.45, 7) is 5.31. The molecule has 0 N–H and O–H groups in total. The third kappa shape index (κ3) is 5.64. The summed E-state index contributed by atoms with van der Waals surface area (Å²) in [5.74, 6) is -3.02. The lowest BCUT2D eigenvalue weighted by atomic mass is 9.86. The first-order valence-electron chi connectivity index (χ1n) is 10.9. The summed E-state index contributed by atoms with van der Waals surface area (Å²) in [7, 11) is 2.06. The van der Waals surface area contributed by atoms with Crippen LogP contribution in [0.25, 0.3) is 11.1 Å². The molecule has 3 aromatic carbocycles. The van der Waals surface area contributed by atoms with Gasteiger partial charge in [-0.3, -0.25) is 0 Å². The Hall–Kier alpha value is -2.95. The van der Waals surface area contributed by atoms with Crippen LogP contribution < -0.4 is 4.74 Å². The van der Waals surface area contributed by atoms with Crippen molar-refractivity contribution in [2.45, 2.75) is 39.4 Å². The van der Waals surface area contributed by atoms with E-state index >= 15 is 0 Å². The number of hydrogen-bond acceptors (Lipinski definition) is 1. The smallest absolute Gasteiger partial charge is 0.271 e. The van der Waals surface area contributed by atoms with Crippen LogP contribution in [0, 0.1) is 12.7 Å². The highest BCUT2D eigenvalue weighted by Crippen LogP contribution is 2.38. The van der Waals surface area contributed by atoms with Gasteiger partial charge in [-0.1, -0.05) is 42.5 Å². The molecule has 0 aromatic heterocycles. The average Bonchev–Trinajstić information content (AvgIpc) is 2.76. The monoisotopic (exact) mass is 436 g/mol. The molecule has 5 heteroatoms. The van der Waals surface area contributed by atoms with E-state index in [9.17, 15) is 13.2 Å². The van der Waals surface area contributed by atoms with Crippen molar-refractivity contribution in [2.24, 2.45) is 0 Å². The Kier molecular flexibility index (Phi) is 7.50. The first-order valence-corrected chi connectivity index (χ1v) is 10.9. The standard InChI is InChI=1S/C27H28BF3O/c1-18-6-4-5-7-23(18)25(16-20-8-11-22(12-9-20)32-15-14-28)19(2)24-13-10-21(29)17-26(24)27(3,30)31/h4-13,17H,14-16,28H2,1-3H3/b25-19+. The normalized spacial score (nSPS) is 12.4. The quantitative estimate of drug-likeness (QED) is 0.277. The van der Waals surface area contributed by atoms with Crippen molar-refractivity contribution < 1.29 is 17.9 Å². The summed E-state index contributed by atoms with van der Waals surface area (Å²) in [4.78, 5) is 0. The van der Waals surface area contributed by atoms with Crippen LogP contribution >= 0.6 is 0 Å². The molecule has 0 fully saturated rings. The second-order valence-corrected chi connectivity index (χ2v) is 8.17. The Morgan fingerprint density at radius 3 is 2.28 bits per heavy atom. The maximum atomic E-state index is 14.4. The van der Waals surface area contributed by atoms with E-state index in [-0.39, 0.29) is 5.56 Å². The molecule has 32 heavy (non-hydrogen) atoms. The molecular weight excluding hydrogens is 408 g/mol. The zero-order valence-corrected chi connectivity index (χ0v) is 19.0. The minimum absolute atomic E-state index is 0.301. The van der Waals surface area contributed by atoms with Gasteiger partial charge in [-0.05, 0) is 84.3 Å². The fourth-order valence-corrected chi connectivity index (χ4v) is 3.84. The number of aryl methyl sites for hydroxylation is 1. The lowest BCUT2D eigenvalue weighted by Gasteiger charge is -2.21. The Balaban J connectivity index is 2.12. The van der Waals surface area contributed by atoms with Crippen LogP contribution in [0.4, 0.5) is 13.2 Å². The maximum absolute atomic E-state index is 14.4. The second kappa shape index (κ2) is 10.1. The molecule has 0 heterocycles. The number of rotatable bonds is 8. The third-order valence-electron chi connectivity index (χ3n) is 5.56. The Labute approximate surface area is 189 Å². The largest absolute Gasteiger partial charge is 0.494 e. The predicted molar refractivity (Wildman–Crippen MR) is 129 cm³/mol. The summed E-state index contributed by atoms with van der Waals surface area (Å²) < 4.78 is 48.3. The molecule has 166 valence electrons. The zero-order valence-electron chi connectivity index (χ0n) is 19.0. The van der Waals surface area contributed by atoms with Gasteiger partial charge < -0.3 is 4.74 Å². The molecule has 0 aliphatic carbocycles. The number of hydrogen-bond donors (Lipinski definition) is 0. The molecule has 0 saturated heterocycles. The van der Waals surface area contributed by atoms with Crippen molar-refractivity contribution in [3.05, 3.63) is 100 Å². The van der Waals surface area contributed by atoms with E-state index in [1.165, 1.54) is 12.1 Å². The van der Waals surface area contributed by atoms with Gasteiger partial charge in [0.2, 0.25) is 0 Å². The average molecular weight is 436 g/mol. The van der Waals surface area contributed by atoms with E-state index in [1.807, 2.05) is 62.4 Å². The first kappa shape index (κ1) is 23.7.